The Morgan fingerprint density at radius 3 is 2.86 bits per heavy atom. The maximum atomic E-state index is 12.4. The van der Waals surface area contributed by atoms with Crippen LogP contribution in [0.25, 0.3) is 0 Å². The van der Waals surface area contributed by atoms with Gasteiger partial charge in [0.15, 0.2) is 17.2 Å². The molecule has 7 nitrogen and oxygen atoms in total. The molecule has 1 aromatic carbocycles. The minimum Gasteiger partial charge on any atom is -0.503 e. The van der Waals surface area contributed by atoms with Crippen molar-refractivity contribution in [2.24, 2.45) is 0 Å². The number of pyridine rings is 1. The van der Waals surface area contributed by atoms with E-state index < -0.39 is 17.9 Å². The number of aryl methyl sites for hydroxylation is 2. The van der Waals surface area contributed by atoms with Crippen LogP contribution < -0.4 is 10.1 Å². The van der Waals surface area contributed by atoms with E-state index in [-0.39, 0.29) is 23.3 Å². The molecule has 1 aromatic heterocycles. The predicted octanol–water partition coefficient (Wildman–Crippen LogP) is 2.32. The Hall–Kier alpha value is -3.09. The number of aromatic nitrogens is 1. The monoisotopic (exact) mass is 384 g/mol. The van der Waals surface area contributed by atoms with E-state index in [0.29, 0.717) is 6.42 Å². The van der Waals surface area contributed by atoms with Gasteiger partial charge < -0.3 is 19.9 Å². The molecule has 0 spiro atoms. The first kappa shape index (κ1) is 19.7. The van der Waals surface area contributed by atoms with E-state index in [4.69, 9.17) is 9.47 Å². The van der Waals surface area contributed by atoms with E-state index in [9.17, 15) is 14.7 Å². The summed E-state index contributed by atoms with van der Waals surface area (Å²) in [4.78, 5) is 28.6. The molecule has 2 N–H and O–H groups in total. The average molecular weight is 384 g/mol. The smallest absolute Gasteiger partial charge is 0.328 e. The van der Waals surface area contributed by atoms with E-state index in [1.807, 2.05) is 6.07 Å². The molecule has 2 aromatic rings. The third-order valence-electron chi connectivity index (χ3n) is 4.98. The second kappa shape index (κ2) is 8.29. The van der Waals surface area contributed by atoms with Crippen LogP contribution in [0.3, 0.4) is 0 Å². The van der Waals surface area contributed by atoms with Gasteiger partial charge >= 0.3 is 5.97 Å². The van der Waals surface area contributed by atoms with Crippen molar-refractivity contribution in [3.63, 3.8) is 0 Å². The lowest BCUT2D eigenvalue weighted by Crippen LogP contribution is -2.42. The molecular weight excluding hydrogens is 360 g/mol. The van der Waals surface area contributed by atoms with E-state index in [1.165, 1.54) is 36.1 Å². The minimum atomic E-state index is -0.877. The van der Waals surface area contributed by atoms with Gasteiger partial charge in [-0.1, -0.05) is 18.2 Å². The second-order valence-electron chi connectivity index (χ2n) is 6.92. The number of methoxy groups -OCH3 is 1. The highest BCUT2D eigenvalue weighted by atomic mass is 16.5. The Labute approximate surface area is 163 Å². The summed E-state index contributed by atoms with van der Waals surface area (Å²) in [6.45, 7) is 3.60. The van der Waals surface area contributed by atoms with Crippen LogP contribution in [0.5, 0.6) is 11.5 Å². The maximum Gasteiger partial charge on any atom is 0.328 e. The Morgan fingerprint density at radius 2 is 2.11 bits per heavy atom. The fourth-order valence-corrected chi connectivity index (χ4v) is 3.39. The first-order valence-corrected chi connectivity index (χ1v) is 9.21. The molecule has 2 atom stereocenters. The van der Waals surface area contributed by atoms with Crippen LogP contribution >= 0.6 is 0 Å². The minimum absolute atomic E-state index is 0.131. The van der Waals surface area contributed by atoms with E-state index in [1.54, 1.807) is 6.92 Å². The molecule has 28 heavy (non-hydrogen) atoms. The zero-order valence-corrected chi connectivity index (χ0v) is 16.2. The average Bonchev–Trinajstić information content (AvgIpc) is 2.68. The number of hydrogen-bond acceptors (Lipinski definition) is 6. The van der Waals surface area contributed by atoms with Crippen molar-refractivity contribution < 1.29 is 24.2 Å². The number of hydrogen-bond donors (Lipinski definition) is 2. The molecule has 1 aliphatic carbocycles. The van der Waals surface area contributed by atoms with Gasteiger partial charge in [0.05, 0.1) is 7.11 Å². The van der Waals surface area contributed by atoms with Crippen molar-refractivity contribution in [3.8, 4) is 11.5 Å². The first-order valence-electron chi connectivity index (χ1n) is 9.21. The third kappa shape index (κ3) is 4.08. The molecular formula is C21H24N2O5. The van der Waals surface area contributed by atoms with Crippen molar-refractivity contribution >= 4 is 11.9 Å². The molecule has 7 heteroatoms. The number of rotatable bonds is 5. The van der Waals surface area contributed by atoms with Gasteiger partial charge in [-0.3, -0.25) is 4.79 Å². The van der Waals surface area contributed by atoms with Crippen LogP contribution in [0.15, 0.2) is 30.5 Å². The number of carbonyl (C=O) groups excluding carboxylic acids is 2. The fraction of sp³-hybridized carbons (Fsp3) is 0.381. The second-order valence-corrected chi connectivity index (χ2v) is 6.92. The van der Waals surface area contributed by atoms with Crippen molar-refractivity contribution in [1.82, 2.24) is 10.3 Å². The summed E-state index contributed by atoms with van der Waals surface area (Å²) in [5, 5.41) is 12.5. The summed E-state index contributed by atoms with van der Waals surface area (Å²) in [6, 6.07) is 6.77. The number of esters is 1. The lowest BCUT2D eigenvalue weighted by Gasteiger charge is -2.27. The molecule has 0 aliphatic heterocycles. The summed E-state index contributed by atoms with van der Waals surface area (Å²) < 4.78 is 10.6. The Bertz CT molecular complexity index is 896. The van der Waals surface area contributed by atoms with Gasteiger partial charge in [-0.2, -0.15) is 0 Å². The zero-order chi connectivity index (χ0) is 20.3. The van der Waals surface area contributed by atoms with Gasteiger partial charge in [0, 0.05) is 18.7 Å². The van der Waals surface area contributed by atoms with Gasteiger partial charge in [0.2, 0.25) is 0 Å². The Balaban J connectivity index is 1.61. The van der Waals surface area contributed by atoms with Crippen LogP contribution in [-0.4, -0.2) is 41.2 Å². The molecule has 1 unspecified atom stereocenters. The number of aromatic hydroxyl groups is 1. The quantitative estimate of drug-likeness (QED) is 0.768. The van der Waals surface area contributed by atoms with Crippen LogP contribution in [0, 0.1) is 6.92 Å². The highest BCUT2D eigenvalue weighted by Gasteiger charge is 2.27. The SMILES string of the molecule is COc1ccnc(C(=O)N[C@@H](C)C(=O)OC2CCc3cccc(C)c3C2)c1O. The third-order valence-corrected chi connectivity index (χ3v) is 4.98. The highest BCUT2D eigenvalue weighted by Crippen LogP contribution is 2.28. The van der Waals surface area contributed by atoms with Gasteiger partial charge in [-0.05, 0) is 43.4 Å². The largest absolute Gasteiger partial charge is 0.503 e. The predicted molar refractivity (Wildman–Crippen MR) is 102 cm³/mol. The first-order chi connectivity index (χ1) is 13.4. The number of fused-ring (bicyclic) bond motifs is 1. The number of nitrogens with zero attached hydrogens (tertiary/aromatic N) is 1. The van der Waals surface area contributed by atoms with Crippen molar-refractivity contribution in [2.45, 2.75) is 45.3 Å². The van der Waals surface area contributed by atoms with E-state index in [2.05, 4.69) is 29.4 Å². The molecule has 1 aliphatic rings. The lowest BCUT2D eigenvalue weighted by molar-refractivity contribution is -0.151. The molecule has 1 heterocycles. The normalized spacial score (nSPS) is 16.6. The van der Waals surface area contributed by atoms with Crippen molar-refractivity contribution in [1.29, 1.82) is 0 Å². The highest BCUT2D eigenvalue weighted by molar-refractivity contribution is 5.97. The van der Waals surface area contributed by atoms with Crippen molar-refractivity contribution in [3.05, 3.63) is 52.8 Å². The number of carbonyl (C=O) groups is 2. The summed E-state index contributed by atoms with van der Waals surface area (Å²) in [6.07, 6.45) is 3.41. The molecule has 0 saturated heterocycles. The van der Waals surface area contributed by atoms with Crippen LogP contribution in [0.1, 0.15) is 40.5 Å². The summed E-state index contributed by atoms with van der Waals surface area (Å²) in [5.41, 5.74) is 3.52. The summed E-state index contributed by atoms with van der Waals surface area (Å²) >= 11 is 0. The molecule has 3 rings (SSSR count). The number of nitrogens with one attached hydrogen (secondary N) is 1. The van der Waals surface area contributed by atoms with Crippen LogP contribution in [0.4, 0.5) is 0 Å². The van der Waals surface area contributed by atoms with Crippen LogP contribution in [-0.2, 0) is 22.4 Å². The number of ether oxygens (including phenoxy) is 2. The van der Waals surface area contributed by atoms with Gasteiger partial charge in [-0.15, -0.1) is 0 Å². The zero-order valence-electron chi connectivity index (χ0n) is 16.2. The molecule has 0 fully saturated rings. The standard InChI is InChI=1S/C21H24N2O5/c1-12-5-4-6-14-7-8-15(11-16(12)14)28-21(26)13(2)23-20(25)18-19(24)17(27-3)9-10-22-18/h4-6,9-10,13,15,24H,7-8,11H2,1-3H3,(H,23,25)/t13-,15?/m0/s1. The molecule has 0 bridgehead atoms. The molecule has 1 amide bonds. The lowest BCUT2D eigenvalue weighted by atomic mass is 9.87. The molecule has 0 saturated carbocycles. The Kier molecular flexibility index (Phi) is 5.82. The van der Waals surface area contributed by atoms with Crippen LogP contribution in [0.2, 0.25) is 0 Å². The molecule has 148 valence electrons. The fourth-order valence-electron chi connectivity index (χ4n) is 3.39. The number of amides is 1. The van der Waals surface area contributed by atoms with Gasteiger partial charge in [0.1, 0.15) is 12.1 Å². The van der Waals surface area contributed by atoms with E-state index in [0.717, 1.165) is 12.8 Å². The van der Waals surface area contributed by atoms with E-state index >= 15 is 0 Å². The number of benzene rings is 1. The summed E-state index contributed by atoms with van der Waals surface area (Å²) in [7, 11) is 1.38. The summed E-state index contributed by atoms with van der Waals surface area (Å²) in [5.74, 6) is -1.43. The molecule has 0 radical (unpaired) electrons. The van der Waals surface area contributed by atoms with Gasteiger partial charge in [-0.25, -0.2) is 9.78 Å². The maximum absolute atomic E-state index is 12.4. The topological polar surface area (TPSA) is 97.8 Å². The Morgan fingerprint density at radius 1 is 1.32 bits per heavy atom. The van der Waals surface area contributed by atoms with Crippen molar-refractivity contribution in [2.75, 3.05) is 7.11 Å². The van der Waals surface area contributed by atoms with Gasteiger partial charge in [0.25, 0.3) is 5.91 Å².